The lowest BCUT2D eigenvalue weighted by Crippen LogP contribution is -2.41. The van der Waals surface area contributed by atoms with Crippen molar-refractivity contribution in [2.24, 2.45) is 0 Å². The van der Waals surface area contributed by atoms with Crippen LogP contribution >= 0.6 is 0 Å². The summed E-state index contributed by atoms with van der Waals surface area (Å²) in [6.07, 6.45) is 4.43. The Morgan fingerprint density at radius 2 is 1.86 bits per heavy atom. The number of anilines is 1. The molecule has 0 radical (unpaired) electrons. The van der Waals surface area contributed by atoms with Crippen molar-refractivity contribution in [3.05, 3.63) is 18.1 Å². The van der Waals surface area contributed by atoms with Gasteiger partial charge in [0.1, 0.15) is 12.1 Å². The summed E-state index contributed by atoms with van der Waals surface area (Å²) in [5.41, 5.74) is 0.979. The van der Waals surface area contributed by atoms with Crippen LogP contribution in [0.15, 0.2) is 12.4 Å². The zero-order valence-corrected chi connectivity index (χ0v) is 13.9. The minimum absolute atomic E-state index is 0.0149. The van der Waals surface area contributed by atoms with Crippen molar-refractivity contribution in [3.8, 4) is 0 Å². The predicted molar refractivity (Wildman–Crippen MR) is 83.8 cm³/mol. The fraction of sp³-hybridized carbons (Fsp3) is 0.714. The van der Waals surface area contributed by atoms with Gasteiger partial charge in [-0.15, -0.1) is 0 Å². The highest BCUT2D eigenvalue weighted by Gasteiger charge is 2.25. The Bertz CT molecular complexity index is 587. The van der Waals surface area contributed by atoms with Gasteiger partial charge in [-0.2, -0.15) is 0 Å². The van der Waals surface area contributed by atoms with Crippen LogP contribution in [-0.2, 0) is 15.4 Å². The van der Waals surface area contributed by atoms with E-state index in [4.69, 9.17) is 0 Å². The minimum Gasteiger partial charge on any atom is -0.367 e. The normalized spacial score (nSPS) is 18.7. The molecule has 1 aliphatic rings. The average Bonchev–Trinajstić information content (AvgIpc) is 2.37. The second-order valence-electron chi connectivity index (χ2n) is 6.62. The van der Waals surface area contributed by atoms with E-state index in [1.54, 1.807) is 6.33 Å². The van der Waals surface area contributed by atoms with Gasteiger partial charge >= 0.3 is 0 Å². The third kappa shape index (κ3) is 4.38. The minimum atomic E-state index is -3.07. The fourth-order valence-electron chi connectivity index (χ4n) is 2.39. The standard InChI is InChI=1S/C14H24N4O2S/c1-14(2,3)12-9-13(16-10-15-12)17-11-5-7-18(8-6-11)21(4,19)20/h9-11H,5-8H2,1-4H3,(H,15,16,17). The third-order valence-electron chi connectivity index (χ3n) is 3.71. The first kappa shape index (κ1) is 16.2. The second kappa shape index (κ2) is 5.88. The average molecular weight is 312 g/mol. The maximum atomic E-state index is 11.5. The van der Waals surface area contributed by atoms with E-state index in [0.717, 1.165) is 24.4 Å². The summed E-state index contributed by atoms with van der Waals surface area (Å²) in [7, 11) is -3.07. The molecule has 0 atom stereocenters. The maximum absolute atomic E-state index is 11.5. The molecule has 0 amide bonds. The Labute approximate surface area is 127 Å². The highest BCUT2D eigenvalue weighted by atomic mass is 32.2. The van der Waals surface area contributed by atoms with Crippen molar-refractivity contribution in [1.29, 1.82) is 0 Å². The molecule has 1 aromatic rings. The summed E-state index contributed by atoms with van der Waals surface area (Å²) >= 11 is 0. The van der Waals surface area contributed by atoms with Crippen LogP contribution in [0.2, 0.25) is 0 Å². The Morgan fingerprint density at radius 3 is 2.38 bits per heavy atom. The SMILES string of the molecule is CC(C)(C)c1cc(NC2CCN(S(C)(=O)=O)CC2)ncn1. The highest BCUT2D eigenvalue weighted by Crippen LogP contribution is 2.22. The second-order valence-corrected chi connectivity index (χ2v) is 8.60. The molecule has 0 aromatic carbocycles. The quantitative estimate of drug-likeness (QED) is 0.918. The van der Waals surface area contributed by atoms with E-state index in [1.165, 1.54) is 10.6 Å². The fourth-order valence-corrected chi connectivity index (χ4v) is 3.26. The molecule has 0 unspecified atom stereocenters. The van der Waals surface area contributed by atoms with E-state index >= 15 is 0 Å². The third-order valence-corrected chi connectivity index (χ3v) is 5.01. The molecule has 21 heavy (non-hydrogen) atoms. The molecule has 2 rings (SSSR count). The van der Waals surface area contributed by atoms with Crippen molar-refractivity contribution in [2.45, 2.75) is 45.1 Å². The van der Waals surface area contributed by atoms with Crippen molar-refractivity contribution in [3.63, 3.8) is 0 Å². The zero-order valence-electron chi connectivity index (χ0n) is 13.1. The van der Waals surface area contributed by atoms with Gasteiger partial charge in [0.05, 0.1) is 11.9 Å². The molecule has 2 heterocycles. The number of rotatable bonds is 3. The summed E-state index contributed by atoms with van der Waals surface area (Å²) in [5.74, 6) is 0.813. The molecular weight excluding hydrogens is 288 g/mol. The number of aromatic nitrogens is 2. The first-order valence-electron chi connectivity index (χ1n) is 7.20. The molecule has 0 spiro atoms. The molecule has 0 aliphatic carbocycles. The van der Waals surface area contributed by atoms with Gasteiger partial charge in [-0.3, -0.25) is 0 Å². The van der Waals surface area contributed by atoms with E-state index in [-0.39, 0.29) is 11.5 Å². The predicted octanol–water partition coefficient (Wildman–Crippen LogP) is 1.61. The van der Waals surface area contributed by atoms with Crippen LogP contribution in [0.5, 0.6) is 0 Å². The molecule has 7 heteroatoms. The van der Waals surface area contributed by atoms with Crippen molar-refractivity contribution >= 4 is 15.8 Å². The first-order chi connectivity index (χ1) is 9.66. The topological polar surface area (TPSA) is 75.2 Å². The molecular formula is C14H24N4O2S. The Hall–Kier alpha value is -1.21. The summed E-state index contributed by atoms with van der Waals surface area (Å²) in [6, 6.07) is 2.23. The van der Waals surface area contributed by atoms with Gasteiger partial charge in [0.15, 0.2) is 0 Å². The number of sulfonamides is 1. The van der Waals surface area contributed by atoms with Gasteiger partial charge in [-0.05, 0) is 12.8 Å². The van der Waals surface area contributed by atoms with Crippen LogP contribution in [0.3, 0.4) is 0 Å². The number of piperidine rings is 1. The number of nitrogens with one attached hydrogen (secondary N) is 1. The largest absolute Gasteiger partial charge is 0.367 e. The summed E-state index contributed by atoms with van der Waals surface area (Å²) in [4.78, 5) is 8.57. The van der Waals surface area contributed by atoms with Crippen LogP contribution in [-0.4, -0.2) is 48.1 Å². The monoisotopic (exact) mass is 312 g/mol. The van der Waals surface area contributed by atoms with Gasteiger partial charge < -0.3 is 5.32 Å². The summed E-state index contributed by atoms with van der Waals surface area (Å²) in [5, 5.41) is 3.39. The Balaban J connectivity index is 1.98. The van der Waals surface area contributed by atoms with Crippen LogP contribution in [0, 0.1) is 0 Å². The van der Waals surface area contributed by atoms with Gasteiger partial charge in [0, 0.05) is 30.6 Å². The van der Waals surface area contributed by atoms with Crippen molar-refractivity contribution in [2.75, 3.05) is 24.7 Å². The summed E-state index contributed by atoms with van der Waals surface area (Å²) < 4.78 is 24.5. The van der Waals surface area contributed by atoms with Crippen molar-refractivity contribution in [1.82, 2.24) is 14.3 Å². The molecule has 1 aliphatic heterocycles. The lowest BCUT2D eigenvalue weighted by molar-refractivity contribution is 0.331. The molecule has 1 aromatic heterocycles. The number of hydrogen-bond acceptors (Lipinski definition) is 5. The smallest absolute Gasteiger partial charge is 0.211 e. The van der Waals surface area contributed by atoms with Crippen molar-refractivity contribution < 1.29 is 8.42 Å². The van der Waals surface area contributed by atoms with Crippen LogP contribution in [0.1, 0.15) is 39.3 Å². The van der Waals surface area contributed by atoms with Crippen LogP contribution < -0.4 is 5.32 Å². The van der Waals surface area contributed by atoms with Crippen LogP contribution in [0.4, 0.5) is 5.82 Å². The van der Waals surface area contributed by atoms with E-state index in [2.05, 4.69) is 36.1 Å². The maximum Gasteiger partial charge on any atom is 0.211 e. The first-order valence-corrected chi connectivity index (χ1v) is 9.05. The van der Waals surface area contributed by atoms with E-state index < -0.39 is 10.0 Å². The lowest BCUT2D eigenvalue weighted by Gasteiger charge is -2.31. The zero-order chi connectivity index (χ0) is 15.7. The Kier molecular flexibility index (Phi) is 4.53. The van der Waals surface area contributed by atoms with Gasteiger partial charge in [-0.25, -0.2) is 22.7 Å². The number of nitrogens with zero attached hydrogens (tertiary/aromatic N) is 3. The van der Waals surface area contributed by atoms with E-state index in [0.29, 0.717) is 13.1 Å². The molecule has 0 bridgehead atoms. The molecule has 118 valence electrons. The number of hydrogen-bond donors (Lipinski definition) is 1. The lowest BCUT2D eigenvalue weighted by atomic mass is 9.92. The molecule has 1 N–H and O–H groups in total. The van der Waals surface area contributed by atoms with Gasteiger partial charge in [-0.1, -0.05) is 20.8 Å². The molecule has 1 saturated heterocycles. The molecule has 1 fully saturated rings. The molecule has 0 saturated carbocycles. The summed E-state index contributed by atoms with van der Waals surface area (Å²) in [6.45, 7) is 7.47. The highest BCUT2D eigenvalue weighted by molar-refractivity contribution is 7.88. The van der Waals surface area contributed by atoms with E-state index in [9.17, 15) is 8.42 Å². The molecule has 6 nitrogen and oxygen atoms in total. The Morgan fingerprint density at radius 1 is 1.24 bits per heavy atom. The van der Waals surface area contributed by atoms with Gasteiger partial charge in [0.25, 0.3) is 0 Å². The van der Waals surface area contributed by atoms with E-state index in [1.807, 2.05) is 6.07 Å². The van der Waals surface area contributed by atoms with Crippen LogP contribution in [0.25, 0.3) is 0 Å². The van der Waals surface area contributed by atoms with Gasteiger partial charge in [0.2, 0.25) is 10.0 Å².